The van der Waals surface area contributed by atoms with Crippen LogP contribution < -0.4 is 5.73 Å². The van der Waals surface area contributed by atoms with E-state index >= 15 is 0 Å². The summed E-state index contributed by atoms with van der Waals surface area (Å²) in [6.45, 7) is 2.95. The van der Waals surface area contributed by atoms with Crippen LogP contribution in [-0.4, -0.2) is 17.7 Å². The van der Waals surface area contributed by atoms with Gasteiger partial charge in [-0.25, -0.2) is 4.79 Å². The Balaban J connectivity index is 2.72. The van der Waals surface area contributed by atoms with Gasteiger partial charge in [-0.3, -0.25) is 0 Å². The summed E-state index contributed by atoms with van der Waals surface area (Å²) in [5.74, 6) is -3.12. The zero-order valence-corrected chi connectivity index (χ0v) is 13.8. The highest BCUT2D eigenvalue weighted by atomic mass is 19.4. The van der Waals surface area contributed by atoms with Crippen LogP contribution in [0.3, 0.4) is 0 Å². The molecule has 0 aromatic heterocycles. The third-order valence-electron chi connectivity index (χ3n) is 3.70. The fourth-order valence-corrected chi connectivity index (χ4v) is 2.65. The zero-order valence-electron chi connectivity index (χ0n) is 13.8. The van der Waals surface area contributed by atoms with Crippen molar-refractivity contribution in [3.63, 3.8) is 0 Å². The minimum absolute atomic E-state index is 0.00171. The van der Waals surface area contributed by atoms with Crippen molar-refractivity contribution in [2.75, 3.05) is 6.61 Å². The number of phenols is 1. The van der Waals surface area contributed by atoms with Crippen molar-refractivity contribution in [1.29, 1.82) is 5.26 Å². The SMILES string of the molecule is CCOC(=O)C1=C(C)OC(N)=C(C#N)C1c1cc(O)cc(C(F)(F)F)c1. The van der Waals surface area contributed by atoms with E-state index in [0.717, 1.165) is 12.1 Å². The molecule has 0 amide bonds. The second kappa shape index (κ2) is 7.00. The molecule has 26 heavy (non-hydrogen) atoms. The Morgan fingerprint density at radius 2 is 2.08 bits per heavy atom. The molecule has 1 atom stereocenters. The third-order valence-corrected chi connectivity index (χ3v) is 3.70. The minimum atomic E-state index is -4.73. The molecular formula is C17H15F3N2O4. The Bertz CT molecular complexity index is 851. The van der Waals surface area contributed by atoms with Crippen LogP contribution in [0.5, 0.6) is 5.75 Å². The number of ether oxygens (including phenoxy) is 2. The summed E-state index contributed by atoms with van der Waals surface area (Å²) in [4.78, 5) is 12.3. The van der Waals surface area contributed by atoms with E-state index < -0.39 is 29.4 Å². The number of carbonyl (C=O) groups is 1. The lowest BCUT2D eigenvalue weighted by Crippen LogP contribution is -2.25. The molecule has 0 spiro atoms. The van der Waals surface area contributed by atoms with E-state index in [0.29, 0.717) is 6.07 Å². The standard InChI is InChI=1S/C17H15F3N2O4/c1-3-25-16(24)13-8(2)26-15(22)12(7-21)14(13)9-4-10(17(18,19)20)6-11(23)5-9/h4-6,14,23H,3,22H2,1-2H3. The lowest BCUT2D eigenvalue weighted by Gasteiger charge is -2.27. The number of aromatic hydroxyl groups is 1. The van der Waals surface area contributed by atoms with E-state index in [2.05, 4.69) is 0 Å². The number of hydrogen-bond acceptors (Lipinski definition) is 6. The van der Waals surface area contributed by atoms with Crippen molar-refractivity contribution in [1.82, 2.24) is 0 Å². The van der Waals surface area contributed by atoms with E-state index in [1.807, 2.05) is 0 Å². The number of benzene rings is 1. The van der Waals surface area contributed by atoms with Gasteiger partial charge in [-0.05, 0) is 37.6 Å². The van der Waals surface area contributed by atoms with Crippen LogP contribution in [0, 0.1) is 11.3 Å². The Morgan fingerprint density at radius 1 is 1.42 bits per heavy atom. The van der Waals surface area contributed by atoms with E-state index in [1.165, 1.54) is 6.92 Å². The predicted molar refractivity (Wildman–Crippen MR) is 83.1 cm³/mol. The number of alkyl halides is 3. The van der Waals surface area contributed by atoms with Crippen molar-refractivity contribution >= 4 is 5.97 Å². The van der Waals surface area contributed by atoms with Gasteiger partial charge in [0.05, 0.1) is 23.7 Å². The van der Waals surface area contributed by atoms with Crippen LogP contribution >= 0.6 is 0 Å². The van der Waals surface area contributed by atoms with Gasteiger partial charge in [0.1, 0.15) is 23.2 Å². The molecule has 0 fully saturated rings. The first-order valence-electron chi connectivity index (χ1n) is 7.46. The average Bonchev–Trinajstić information content (AvgIpc) is 2.52. The quantitative estimate of drug-likeness (QED) is 0.795. The molecule has 1 aromatic carbocycles. The molecule has 9 heteroatoms. The Morgan fingerprint density at radius 3 is 2.62 bits per heavy atom. The first kappa shape index (κ1) is 19.2. The van der Waals surface area contributed by atoms with Crippen LogP contribution in [-0.2, 0) is 20.4 Å². The molecule has 6 nitrogen and oxygen atoms in total. The van der Waals surface area contributed by atoms with Gasteiger partial charge in [-0.15, -0.1) is 0 Å². The zero-order chi connectivity index (χ0) is 19.6. The number of rotatable bonds is 3. The summed E-state index contributed by atoms with van der Waals surface area (Å²) in [5.41, 5.74) is 4.00. The number of allylic oxidation sites excluding steroid dienone is 2. The molecule has 2 rings (SSSR count). The molecule has 0 bridgehead atoms. The van der Waals surface area contributed by atoms with Crippen LogP contribution in [0.15, 0.2) is 41.0 Å². The van der Waals surface area contributed by atoms with E-state index in [4.69, 9.17) is 15.2 Å². The highest BCUT2D eigenvalue weighted by Crippen LogP contribution is 2.42. The van der Waals surface area contributed by atoms with Gasteiger partial charge in [0.25, 0.3) is 0 Å². The minimum Gasteiger partial charge on any atom is -0.508 e. The molecule has 1 aliphatic heterocycles. The number of esters is 1. The lowest BCUT2D eigenvalue weighted by molar-refractivity contribution is -0.139. The normalized spacial score (nSPS) is 17.6. The topological polar surface area (TPSA) is 106 Å². The maximum Gasteiger partial charge on any atom is 0.416 e. The summed E-state index contributed by atoms with van der Waals surface area (Å²) < 4.78 is 49.4. The van der Waals surface area contributed by atoms with Crippen LogP contribution in [0.1, 0.15) is 30.9 Å². The molecular weight excluding hydrogens is 353 g/mol. The number of carbonyl (C=O) groups excluding carboxylic acids is 1. The molecule has 0 aliphatic carbocycles. The highest BCUT2D eigenvalue weighted by molar-refractivity contribution is 5.92. The number of nitrogens with zero attached hydrogens (tertiary/aromatic N) is 1. The van der Waals surface area contributed by atoms with Crippen LogP contribution in [0.2, 0.25) is 0 Å². The number of halogens is 3. The summed E-state index contributed by atoms with van der Waals surface area (Å²) in [6.07, 6.45) is -4.73. The van der Waals surface area contributed by atoms with Gasteiger partial charge in [0.2, 0.25) is 5.88 Å². The fourth-order valence-electron chi connectivity index (χ4n) is 2.65. The van der Waals surface area contributed by atoms with Gasteiger partial charge in [0, 0.05) is 0 Å². The van der Waals surface area contributed by atoms with Crippen molar-refractivity contribution in [2.24, 2.45) is 5.73 Å². The largest absolute Gasteiger partial charge is 0.508 e. The Hall–Kier alpha value is -3.15. The summed E-state index contributed by atoms with van der Waals surface area (Å²) in [6, 6.07) is 4.07. The third kappa shape index (κ3) is 3.59. The molecule has 1 aromatic rings. The first-order chi connectivity index (χ1) is 12.1. The van der Waals surface area contributed by atoms with Crippen LogP contribution in [0.25, 0.3) is 0 Å². The van der Waals surface area contributed by atoms with Crippen molar-refractivity contribution in [3.05, 3.63) is 52.1 Å². The molecule has 0 saturated heterocycles. The molecule has 1 unspecified atom stereocenters. The van der Waals surface area contributed by atoms with E-state index in [-0.39, 0.29) is 35.0 Å². The number of nitriles is 1. The summed E-state index contributed by atoms with van der Waals surface area (Å²) >= 11 is 0. The predicted octanol–water partition coefficient (Wildman–Crippen LogP) is 3.06. The molecule has 1 aliphatic rings. The number of nitrogens with two attached hydrogens (primary N) is 1. The molecule has 138 valence electrons. The van der Waals surface area contributed by atoms with Gasteiger partial charge in [-0.1, -0.05) is 0 Å². The molecule has 0 saturated carbocycles. The molecule has 3 N–H and O–H groups in total. The summed E-state index contributed by atoms with van der Waals surface area (Å²) in [5, 5.41) is 19.1. The fraction of sp³-hybridized carbons (Fsp3) is 0.294. The second-order valence-corrected chi connectivity index (χ2v) is 5.43. The van der Waals surface area contributed by atoms with Gasteiger partial charge >= 0.3 is 12.1 Å². The average molecular weight is 368 g/mol. The highest BCUT2D eigenvalue weighted by Gasteiger charge is 2.38. The summed E-state index contributed by atoms with van der Waals surface area (Å²) in [7, 11) is 0. The number of hydrogen-bond donors (Lipinski definition) is 2. The van der Waals surface area contributed by atoms with Crippen molar-refractivity contribution in [3.8, 4) is 11.8 Å². The van der Waals surface area contributed by atoms with Crippen molar-refractivity contribution < 1.29 is 32.5 Å². The lowest BCUT2D eigenvalue weighted by atomic mass is 9.82. The maximum atomic E-state index is 13.1. The molecule has 1 heterocycles. The smallest absolute Gasteiger partial charge is 0.416 e. The first-order valence-corrected chi connectivity index (χ1v) is 7.46. The number of phenolic OH excluding ortho intramolecular Hbond substituents is 1. The Kier molecular flexibility index (Phi) is 5.16. The molecule has 0 radical (unpaired) electrons. The van der Waals surface area contributed by atoms with E-state index in [9.17, 15) is 28.3 Å². The van der Waals surface area contributed by atoms with E-state index in [1.54, 1.807) is 13.0 Å². The van der Waals surface area contributed by atoms with Gasteiger partial charge < -0.3 is 20.3 Å². The monoisotopic (exact) mass is 368 g/mol. The van der Waals surface area contributed by atoms with Gasteiger partial charge in [-0.2, -0.15) is 18.4 Å². The Labute approximate surface area is 146 Å². The second-order valence-electron chi connectivity index (χ2n) is 5.43. The maximum absolute atomic E-state index is 13.1. The van der Waals surface area contributed by atoms with Gasteiger partial charge in [0.15, 0.2) is 0 Å². The van der Waals surface area contributed by atoms with Crippen LogP contribution in [0.4, 0.5) is 13.2 Å². The van der Waals surface area contributed by atoms with Crippen molar-refractivity contribution in [2.45, 2.75) is 25.9 Å².